The second kappa shape index (κ2) is 4.87. The number of nitrogens with zero attached hydrogens (tertiary/aromatic N) is 2. The zero-order valence-electron chi connectivity index (χ0n) is 11.1. The third-order valence-electron chi connectivity index (χ3n) is 2.45. The van der Waals surface area contributed by atoms with Gasteiger partial charge in [-0.05, 0) is 40.7 Å². The second-order valence-electron chi connectivity index (χ2n) is 5.22. The van der Waals surface area contributed by atoms with E-state index in [-0.39, 0.29) is 6.04 Å². The molecule has 5 nitrogen and oxygen atoms in total. The molecule has 1 aromatic rings. The molecule has 0 amide bonds. The van der Waals surface area contributed by atoms with E-state index in [9.17, 15) is 4.79 Å². The van der Waals surface area contributed by atoms with Crippen LogP contribution in [0.1, 0.15) is 39.4 Å². The van der Waals surface area contributed by atoms with Crippen molar-refractivity contribution in [2.24, 2.45) is 5.73 Å². The fraction of sp³-hybridized carbons (Fsp3) is 0.667. The number of ether oxygens (including phenoxy) is 1. The van der Waals surface area contributed by atoms with Crippen LogP contribution in [-0.2, 0) is 9.53 Å². The SMILES string of the molecule is Cc1ccnn1C(C)C(N)C(=O)OC(C)(C)C. The molecule has 1 rings (SSSR count). The third-order valence-corrected chi connectivity index (χ3v) is 2.45. The summed E-state index contributed by atoms with van der Waals surface area (Å²) in [7, 11) is 0. The summed E-state index contributed by atoms with van der Waals surface area (Å²) in [4.78, 5) is 11.8. The molecule has 1 heterocycles. The van der Waals surface area contributed by atoms with Gasteiger partial charge in [-0.3, -0.25) is 9.48 Å². The molecule has 2 N–H and O–H groups in total. The molecule has 0 aliphatic rings. The van der Waals surface area contributed by atoms with Crippen molar-refractivity contribution < 1.29 is 9.53 Å². The molecule has 17 heavy (non-hydrogen) atoms. The topological polar surface area (TPSA) is 70.1 Å². The molecule has 96 valence electrons. The Morgan fingerprint density at radius 3 is 2.53 bits per heavy atom. The Hall–Kier alpha value is -1.36. The van der Waals surface area contributed by atoms with Crippen LogP contribution < -0.4 is 5.73 Å². The van der Waals surface area contributed by atoms with Crippen molar-refractivity contribution in [1.82, 2.24) is 9.78 Å². The van der Waals surface area contributed by atoms with Gasteiger partial charge in [-0.2, -0.15) is 5.10 Å². The van der Waals surface area contributed by atoms with Crippen molar-refractivity contribution in [3.05, 3.63) is 18.0 Å². The number of rotatable bonds is 3. The molecule has 2 unspecified atom stereocenters. The number of hydrogen-bond donors (Lipinski definition) is 1. The molecule has 0 aliphatic heterocycles. The first-order valence-electron chi connectivity index (χ1n) is 5.71. The summed E-state index contributed by atoms with van der Waals surface area (Å²) in [6, 6.07) is 0.936. The van der Waals surface area contributed by atoms with E-state index in [0.29, 0.717) is 0 Å². The fourth-order valence-corrected chi connectivity index (χ4v) is 1.53. The lowest BCUT2D eigenvalue weighted by Crippen LogP contribution is -2.43. The Labute approximate surface area is 102 Å². The monoisotopic (exact) mass is 239 g/mol. The number of carbonyl (C=O) groups is 1. The third kappa shape index (κ3) is 3.56. The number of esters is 1. The summed E-state index contributed by atoms with van der Waals surface area (Å²) in [5.41, 5.74) is 6.34. The molecule has 0 bridgehead atoms. The van der Waals surface area contributed by atoms with Crippen LogP contribution >= 0.6 is 0 Å². The van der Waals surface area contributed by atoms with E-state index in [1.54, 1.807) is 10.9 Å². The highest BCUT2D eigenvalue weighted by atomic mass is 16.6. The number of hydrogen-bond acceptors (Lipinski definition) is 4. The van der Waals surface area contributed by atoms with Crippen LogP contribution in [0.5, 0.6) is 0 Å². The van der Waals surface area contributed by atoms with Gasteiger partial charge in [0.1, 0.15) is 11.6 Å². The summed E-state index contributed by atoms with van der Waals surface area (Å²) in [5, 5.41) is 4.14. The maximum Gasteiger partial charge on any atom is 0.325 e. The van der Waals surface area contributed by atoms with Crippen molar-refractivity contribution in [3.63, 3.8) is 0 Å². The van der Waals surface area contributed by atoms with Crippen LogP contribution in [0.4, 0.5) is 0 Å². The van der Waals surface area contributed by atoms with Crippen molar-refractivity contribution >= 4 is 5.97 Å². The lowest BCUT2D eigenvalue weighted by molar-refractivity contribution is -0.157. The first kappa shape index (κ1) is 13.7. The van der Waals surface area contributed by atoms with Crippen molar-refractivity contribution in [2.75, 3.05) is 0 Å². The number of aromatic nitrogens is 2. The van der Waals surface area contributed by atoms with Gasteiger partial charge in [0.15, 0.2) is 0 Å². The van der Waals surface area contributed by atoms with Gasteiger partial charge >= 0.3 is 5.97 Å². The van der Waals surface area contributed by atoms with Crippen molar-refractivity contribution in [2.45, 2.75) is 52.3 Å². The number of carbonyl (C=O) groups excluding carboxylic acids is 1. The van der Waals surface area contributed by atoms with E-state index >= 15 is 0 Å². The smallest absolute Gasteiger partial charge is 0.325 e. The van der Waals surface area contributed by atoms with E-state index in [2.05, 4.69) is 5.10 Å². The Bertz CT molecular complexity index is 393. The van der Waals surface area contributed by atoms with Gasteiger partial charge in [0, 0.05) is 11.9 Å². The van der Waals surface area contributed by atoms with Gasteiger partial charge in [0.25, 0.3) is 0 Å². The highest BCUT2D eigenvalue weighted by Gasteiger charge is 2.28. The molecule has 0 saturated heterocycles. The number of nitrogens with two attached hydrogens (primary N) is 1. The van der Waals surface area contributed by atoms with Gasteiger partial charge in [-0.25, -0.2) is 0 Å². The van der Waals surface area contributed by atoms with Crippen LogP contribution in [0.3, 0.4) is 0 Å². The summed E-state index contributed by atoms with van der Waals surface area (Å²) in [5.74, 6) is -0.403. The summed E-state index contributed by atoms with van der Waals surface area (Å²) < 4.78 is 6.98. The Morgan fingerprint density at radius 2 is 2.12 bits per heavy atom. The summed E-state index contributed by atoms with van der Waals surface area (Å²) in [6.07, 6.45) is 1.69. The minimum Gasteiger partial charge on any atom is -0.459 e. The normalized spacial score (nSPS) is 15.4. The maximum atomic E-state index is 11.8. The van der Waals surface area contributed by atoms with E-state index in [1.807, 2.05) is 40.7 Å². The van der Waals surface area contributed by atoms with E-state index in [4.69, 9.17) is 10.5 Å². The van der Waals surface area contributed by atoms with Crippen LogP contribution in [0.2, 0.25) is 0 Å². The zero-order valence-corrected chi connectivity index (χ0v) is 11.1. The molecule has 0 aromatic carbocycles. The van der Waals surface area contributed by atoms with Crippen LogP contribution in [0, 0.1) is 6.92 Å². The average molecular weight is 239 g/mol. The molecule has 0 aliphatic carbocycles. The molecule has 5 heteroatoms. The van der Waals surface area contributed by atoms with Gasteiger partial charge < -0.3 is 10.5 Å². The maximum absolute atomic E-state index is 11.8. The van der Waals surface area contributed by atoms with Gasteiger partial charge in [-0.1, -0.05) is 0 Å². The highest BCUT2D eigenvalue weighted by Crippen LogP contribution is 2.15. The van der Waals surface area contributed by atoms with E-state index in [1.165, 1.54) is 0 Å². The molecule has 1 aromatic heterocycles. The quantitative estimate of drug-likeness (QED) is 0.810. The molecule has 2 atom stereocenters. The molecular weight excluding hydrogens is 218 g/mol. The average Bonchev–Trinajstić information content (AvgIpc) is 2.59. The first-order chi connectivity index (χ1) is 7.72. The fourth-order valence-electron chi connectivity index (χ4n) is 1.53. The number of aryl methyl sites for hydroxylation is 1. The first-order valence-corrected chi connectivity index (χ1v) is 5.71. The molecular formula is C12H21N3O2. The molecule has 0 spiro atoms. The lowest BCUT2D eigenvalue weighted by Gasteiger charge is -2.25. The van der Waals surface area contributed by atoms with Crippen molar-refractivity contribution in [1.29, 1.82) is 0 Å². The Kier molecular flexibility index (Phi) is 3.93. The summed E-state index contributed by atoms with van der Waals surface area (Å²) in [6.45, 7) is 9.24. The lowest BCUT2D eigenvalue weighted by atomic mass is 10.1. The predicted molar refractivity (Wildman–Crippen MR) is 65.5 cm³/mol. The zero-order chi connectivity index (χ0) is 13.2. The second-order valence-corrected chi connectivity index (χ2v) is 5.22. The van der Waals surface area contributed by atoms with Gasteiger partial charge in [0.05, 0.1) is 6.04 Å². The van der Waals surface area contributed by atoms with Gasteiger partial charge in [-0.15, -0.1) is 0 Å². The van der Waals surface area contributed by atoms with Crippen LogP contribution in [0.25, 0.3) is 0 Å². The van der Waals surface area contributed by atoms with E-state index in [0.717, 1.165) is 5.69 Å². The van der Waals surface area contributed by atoms with E-state index < -0.39 is 17.6 Å². The minimum atomic E-state index is -0.715. The van der Waals surface area contributed by atoms with Crippen molar-refractivity contribution in [3.8, 4) is 0 Å². The Balaban J connectivity index is 2.74. The highest BCUT2D eigenvalue weighted by molar-refractivity contribution is 5.76. The Morgan fingerprint density at radius 1 is 1.53 bits per heavy atom. The minimum absolute atomic E-state index is 0.222. The van der Waals surface area contributed by atoms with Crippen LogP contribution in [-0.4, -0.2) is 27.4 Å². The summed E-state index contributed by atoms with van der Waals surface area (Å²) >= 11 is 0. The molecule has 0 fully saturated rings. The molecule has 0 radical (unpaired) electrons. The largest absolute Gasteiger partial charge is 0.459 e. The van der Waals surface area contributed by atoms with Gasteiger partial charge in [0.2, 0.25) is 0 Å². The van der Waals surface area contributed by atoms with Crippen LogP contribution in [0.15, 0.2) is 12.3 Å². The predicted octanol–water partition coefficient (Wildman–Crippen LogP) is 1.42. The molecule has 0 saturated carbocycles. The standard InChI is InChI=1S/C12H21N3O2/c1-8-6-7-14-15(8)9(2)10(13)11(16)17-12(3,4)5/h6-7,9-10H,13H2,1-5H3.